The van der Waals surface area contributed by atoms with Crippen LogP contribution in [-0.4, -0.2) is 12.5 Å². The second kappa shape index (κ2) is 4.80. The molecule has 1 aromatic heterocycles. The summed E-state index contributed by atoms with van der Waals surface area (Å²) in [5, 5.41) is 0. The number of nitrogen functional groups attached to an aromatic ring is 1. The summed E-state index contributed by atoms with van der Waals surface area (Å²) in [5.41, 5.74) is 8.67. The number of nitrogens with zero attached hydrogens (tertiary/aromatic N) is 1. The summed E-state index contributed by atoms with van der Waals surface area (Å²) in [6.07, 6.45) is 3.63. The Morgan fingerprint density at radius 3 is 3.05 bits per heavy atom. The summed E-state index contributed by atoms with van der Waals surface area (Å²) in [6.45, 7) is 0.746. The van der Waals surface area contributed by atoms with Gasteiger partial charge in [-0.25, -0.2) is 0 Å². The van der Waals surface area contributed by atoms with Crippen molar-refractivity contribution in [1.29, 1.82) is 0 Å². The molecule has 3 rings (SSSR count). The van der Waals surface area contributed by atoms with E-state index in [0.29, 0.717) is 12.8 Å². The van der Waals surface area contributed by atoms with E-state index in [-0.39, 0.29) is 5.91 Å². The predicted octanol–water partition coefficient (Wildman–Crippen LogP) is 2.38. The van der Waals surface area contributed by atoms with E-state index in [1.165, 1.54) is 0 Å². The number of carbonyl (C=O) groups excluding carboxylic acids is 1. The lowest BCUT2D eigenvalue weighted by Crippen LogP contribution is -2.28. The molecule has 2 N–H and O–H groups in total. The van der Waals surface area contributed by atoms with E-state index in [2.05, 4.69) is 0 Å². The number of hydrogen-bond donors (Lipinski definition) is 1. The Morgan fingerprint density at radius 2 is 2.26 bits per heavy atom. The summed E-state index contributed by atoms with van der Waals surface area (Å²) in [7, 11) is 0. The highest BCUT2D eigenvalue weighted by molar-refractivity contribution is 5.95. The monoisotopic (exact) mass is 256 g/mol. The Hall–Kier alpha value is -2.23. The Kier molecular flexibility index (Phi) is 2.99. The van der Waals surface area contributed by atoms with Gasteiger partial charge in [-0.1, -0.05) is 0 Å². The zero-order valence-electron chi connectivity index (χ0n) is 10.6. The van der Waals surface area contributed by atoms with Crippen molar-refractivity contribution in [2.24, 2.45) is 0 Å². The van der Waals surface area contributed by atoms with Gasteiger partial charge in [-0.2, -0.15) is 0 Å². The summed E-state index contributed by atoms with van der Waals surface area (Å²) in [4.78, 5) is 14.1. The maximum Gasteiger partial charge on any atom is 0.227 e. The van der Waals surface area contributed by atoms with Crippen LogP contribution < -0.4 is 10.6 Å². The van der Waals surface area contributed by atoms with Crippen LogP contribution in [-0.2, 0) is 17.6 Å². The number of benzene rings is 1. The highest BCUT2D eigenvalue weighted by atomic mass is 16.3. The molecular weight excluding hydrogens is 240 g/mol. The van der Waals surface area contributed by atoms with Crippen molar-refractivity contribution in [2.45, 2.75) is 19.3 Å². The number of rotatable bonds is 3. The quantitative estimate of drug-likeness (QED) is 0.858. The third-order valence-corrected chi connectivity index (χ3v) is 3.47. The number of fused-ring (bicyclic) bond motifs is 1. The number of hydrogen-bond acceptors (Lipinski definition) is 3. The van der Waals surface area contributed by atoms with Crippen molar-refractivity contribution in [3.8, 4) is 0 Å². The smallest absolute Gasteiger partial charge is 0.227 e. The van der Waals surface area contributed by atoms with E-state index in [4.69, 9.17) is 10.2 Å². The summed E-state index contributed by atoms with van der Waals surface area (Å²) < 4.78 is 5.24. The van der Waals surface area contributed by atoms with Crippen LogP contribution in [0.2, 0.25) is 0 Å². The van der Waals surface area contributed by atoms with Crippen LogP contribution in [0.1, 0.15) is 17.7 Å². The summed E-state index contributed by atoms with van der Waals surface area (Å²) in [6, 6.07) is 9.47. The van der Waals surface area contributed by atoms with Crippen molar-refractivity contribution in [3.63, 3.8) is 0 Å². The van der Waals surface area contributed by atoms with Crippen molar-refractivity contribution >= 4 is 17.3 Å². The van der Waals surface area contributed by atoms with E-state index in [1.807, 2.05) is 35.2 Å². The highest BCUT2D eigenvalue weighted by Gasteiger charge is 2.24. The molecule has 4 nitrogen and oxygen atoms in total. The molecule has 2 aromatic rings. The van der Waals surface area contributed by atoms with Gasteiger partial charge in [0.2, 0.25) is 5.91 Å². The molecule has 0 saturated heterocycles. The normalized spacial score (nSPS) is 13.6. The number of anilines is 2. The fourth-order valence-corrected chi connectivity index (χ4v) is 2.50. The Bertz CT molecular complexity index is 590. The second-order valence-corrected chi connectivity index (χ2v) is 4.76. The molecule has 1 amide bonds. The fraction of sp³-hybridized carbons (Fsp3) is 0.267. The van der Waals surface area contributed by atoms with Crippen LogP contribution in [0.4, 0.5) is 11.4 Å². The van der Waals surface area contributed by atoms with Gasteiger partial charge in [0, 0.05) is 30.8 Å². The van der Waals surface area contributed by atoms with Crippen LogP contribution >= 0.6 is 0 Å². The lowest BCUT2D eigenvalue weighted by Gasteiger charge is -2.17. The van der Waals surface area contributed by atoms with E-state index in [9.17, 15) is 4.79 Å². The van der Waals surface area contributed by atoms with Crippen LogP contribution in [0.3, 0.4) is 0 Å². The maximum absolute atomic E-state index is 12.2. The van der Waals surface area contributed by atoms with Gasteiger partial charge in [-0.05, 0) is 42.3 Å². The first-order valence-electron chi connectivity index (χ1n) is 6.45. The fourth-order valence-electron chi connectivity index (χ4n) is 2.50. The number of aryl methyl sites for hydroxylation is 1. The van der Waals surface area contributed by atoms with Crippen molar-refractivity contribution in [2.75, 3.05) is 17.2 Å². The Morgan fingerprint density at radius 1 is 1.37 bits per heavy atom. The van der Waals surface area contributed by atoms with Gasteiger partial charge in [0.1, 0.15) is 5.76 Å². The van der Waals surface area contributed by atoms with E-state index < -0.39 is 0 Å². The van der Waals surface area contributed by atoms with Gasteiger partial charge in [-0.15, -0.1) is 0 Å². The molecule has 0 spiro atoms. The molecule has 98 valence electrons. The van der Waals surface area contributed by atoms with Gasteiger partial charge < -0.3 is 15.1 Å². The van der Waals surface area contributed by atoms with Gasteiger partial charge in [0.25, 0.3) is 0 Å². The molecule has 0 fully saturated rings. The number of amides is 1. The van der Waals surface area contributed by atoms with Crippen LogP contribution in [0.25, 0.3) is 0 Å². The van der Waals surface area contributed by atoms with Gasteiger partial charge >= 0.3 is 0 Å². The molecule has 1 aromatic carbocycles. The first kappa shape index (κ1) is 11.8. The number of nitrogens with two attached hydrogens (primary N) is 1. The van der Waals surface area contributed by atoms with Crippen molar-refractivity contribution in [1.82, 2.24) is 0 Å². The molecule has 0 aliphatic carbocycles. The standard InChI is InChI=1S/C15H16N2O2/c16-12-3-5-14-11(10-12)7-8-17(14)15(18)6-4-13-2-1-9-19-13/h1-3,5,9-10H,4,6-8,16H2. The van der Waals surface area contributed by atoms with E-state index in [0.717, 1.165) is 35.7 Å². The zero-order valence-corrected chi connectivity index (χ0v) is 10.6. The van der Waals surface area contributed by atoms with Crippen LogP contribution in [0.15, 0.2) is 41.0 Å². The molecule has 0 radical (unpaired) electrons. The molecule has 1 aliphatic rings. The van der Waals surface area contributed by atoms with Crippen LogP contribution in [0.5, 0.6) is 0 Å². The SMILES string of the molecule is Nc1ccc2c(c1)CCN2C(=O)CCc1ccco1. The van der Waals surface area contributed by atoms with E-state index in [1.54, 1.807) is 6.26 Å². The highest BCUT2D eigenvalue weighted by Crippen LogP contribution is 2.30. The van der Waals surface area contributed by atoms with Crippen LogP contribution in [0, 0.1) is 0 Å². The van der Waals surface area contributed by atoms with E-state index >= 15 is 0 Å². The Labute approximate surface area is 111 Å². The van der Waals surface area contributed by atoms with Crippen molar-refractivity contribution < 1.29 is 9.21 Å². The van der Waals surface area contributed by atoms with Gasteiger partial charge in [-0.3, -0.25) is 4.79 Å². The van der Waals surface area contributed by atoms with Crippen molar-refractivity contribution in [3.05, 3.63) is 47.9 Å². The lowest BCUT2D eigenvalue weighted by molar-refractivity contribution is -0.118. The summed E-state index contributed by atoms with van der Waals surface area (Å²) in [5.74, 6) is 0.991. The van der Waals surface area contributed by atoms with Gasteiger partial charge in [0.15, 0.2) is 0 Å². The minimum atomic E-state index is 0.139. The molecule has 19 heavy (non-hydrogen) atoms. The molecule has 0 bridgehead atoms. The largest absolute Gasteiger partial charge is 0.469 e. The molecule has 4 heteroatoms. The minimum Gasteiger partial charge on any atom is -0.469 e. The molecular formula is C15H16N2O2. The van der Waals surface area contributed by atoms with Gasteiger partial charge in [0.05, 0.1) is 6.26 Å². The first-order valence-corrected chi connectivity index (χ1v) is 6.45. The molecule has 0 unspecified atom stereocenters. The average Bonchev–Trinajstić information content (AvgIpc) is 3.04. The minimum absolute atomic E-state index is 0.139. The Balaban J connectivity index is 1.69. The number of carbonyl (C=O) groups is 1. The zero-order chi connectivity index (χ0) is 13.2. The maximum atomic E-state index is 12.2. The lowest BCUT2D eigenvalue weighted by atomic mass is 10.1. The number of furan rings is 1. The summed E-state index contributed by atoms with van der Waals surface area (Å²) >= 11 is 0. The molecule has 2 heterocycles. The first-order chi connectivity index (χ1) is 9.24. The average molecular weight is 256 g/mol. The third kappa shape index (κ3) is 2.34. The third-order valence-electron chi connectivity index (χ3n) is 3.47. The molecule has 1 aliphatic heterocycles. The molecule has 0 atom stereocenters. The predicted molar refractivity (Wildman–Crippen MR) is 73.9 cm³/mol. The topological polar surface area (TPSA) is 59.5 Å². The molecule has 0 saturated carbocycles. The second-order valence-electron chi connectivity index (χ2n) is 4.76.